The molecule has 64 valence electrons. The third-order valence-electron chi connectivity index (χ3n) is 2.60. The van der Waals surface area contributed by atoms with Crippen molar-refractivity contribution >= 4 is 0 Å². The van der Waals surface area contributed by atoms with Crippen molar-refractivity contribution in [1.29, 1.82) is 0 Å². The standard InChI is InChI=1S/C10H14NO/c12-10(6-2-3-7-10)11-8-4-1-5-9-11/h1,4-5,8-9,12H,2-3,6-7H2/q+1. The minimum atomic E-state index is -0.596. The lowest BCUT2D eigenvalue weighted by molar-refractivity contribution is -0.806. The fraction of sp³-hybridized carbons (Fsp3) is 0.500. The van der Waals surface area contributed by atoms with E-state index >= 15 is 0 Å². The third kappa shape index (κ3) is 1.23. The van der Waals surface area contributed by atoms with Gasteiger partial charge < -0.3 is 5.11 Å². The van der Waals surface area contributed by atoms with Gasteiger partial charge in [0.25, 0.3) is 5.72 Å². The van der Waals surface area contributed by atoms with Crippen LogP contribution in [-0.2, 0) is 5.72 Å². The van der Waals surface area contributed by atoms with E-state index in [1.807, 2.05) is 35.2 Å². The summed E-state index contributed by atoms with van der Waals surface area (Å²) in [5.41, 5.74) is -0.596. The van der Waals surface area contributed by atoms with Crippen molar-refractivity contribution in [2.24, 2.45) is 0 Å². The predicted octanol–water partition coefficient (Wildman–Crippen LogP) is 1.19. The highest BCUT2D eigenvalue weighted by atomic mass is 16.3. The van der Waals surface area contributed by atoms with E-state index < -0.39 is 5.72 Å². The molecule has 0 bridgehead atoms. The van der Waals surface area contributed by atoms with Crippen molar-refractivity contribution in [3.8, 4) is 0 Å². The highest BCUT2D eigenvalue weighted by molar-refractivity contribution is 4.85. The lowest BCUT2D eigenvalue weighted by Gasteiger charge is -2.15. The number of aromatic nitrogens is 1. The average molecular weight is 164 g/mol. The van der Waals surface area contributed by atoms with Gasteiger partial charge in [-0.05, 0) is 12.8 Å². The number of hydrogen-bond acceptors (Lipinski definition) is 1. The molecule has 2 rings (SSSR count). The molecule has 0 unspecified atom stereocenters. The van der Waals surface area contributed by atoms with Crippen molar-refractivity contribution in [2.45, 2.75) is 31.4 Å². The van der Waals surface area contributed by atoms with Gasteiger partial charge in [-0.2, -0.15) is 4.57 Å². The van der Waals surface area contributed by atoms with Gasteiger partial charge in [0.15, 0.2) is 12.4 Å². The molecule has 1 saturated carbocycles. The quantitative estimate of drug-likeness (QED) is 0.619. The Balaban J connectivity index is 2.29. The van der Waals surface area contributed by atoms with Crippen molar-refractivity contribution in [2.75, 3.05) is 0 Å². The van der Waals surface area contributed by atoms with E-state index in [4.69, 9.17) is 0 Å². The summed E-state index contributed by atoms with van der Waals surface area (Å²) in [5, 5.41) is 10.1. The summed E-state index contributed by atoms with van der Waals surface area (Å²) in [6.45, 7) is 0. The molecule has 0 amide bonds. The minimum Gasteiger partial charge on any atom is -0.334 e. The van der Waals surface area contributed by atoms with Crippen LogP contribution in [0, 0.1) is 0 Å². The SMILES string of the molecule is OC1([n+]2ccccc2)CCCC1. The Bertz CT molecular complexity index is 252. The van der Waals surface area contributed by atoms with Crippen molar-refractivity contribution < 1.29 is 9.67 Å². The molecule has 0 spiro atoms. The lowest BCUT2D eigenvalue weighted by Crippen LogP contribution is -2.53. The van der Waals surface area contributed by atoms with E-state index in [-0.39, 0.29) is 0 Å². The maximum absolute atomic E-state index is 10.1. The van der Waals surface area contributed by atoms with Gasteiger partial charge in [-0.25, -0.2) is 0 Å². The Morgan fingerprint density at radius 3 is 2.17 bits per heavy atom. The number of nitrogens with zero attached hydrogens (tertiary/aromatic N) is 1. The summed E-state index contributed by atoms with van der Waals surface area (Å²) in [6.07, 6.45) is 7.93. The zero-order valence-corrected chi connectivity index (χ0v) is 7.11. The molecule has 2 nitrogen and oxygen atoms in total. The van der Waals surface area contributed by atoms with Gasteiger partial charge in [-0.3, -0.25) is 0 Å². The molecule has 1 heterocycles. The second-order valence-electron chi connectivity index (χ2n) is 3.47. The molecule has 0 atom stereocenters. The molecule has 1 fully saturated rings. The number of pyridine rings is 1. The molecule has 1 N–H and O–H groups in total. The third-order valence-corrected chi connectivity index (χ3v) is 2.60. The van der Waals surface area contributed by atoms with Gasteiger partial charge in [0.2, 0.25) is 0 Å². The van der Waals surface area contributed by atoms with Crippen LogP contribution in [0.3, 0.4) is 0 Å². The monoisotopic (exact) mass is 164 g/mol. The number of hydrogen-bond donors (Lipinski definition) is 1. The molecule has 0 aliphatic heterocycles. The lowest BCUT2D eigenvalue weighted by atomic mass is 10.2. The van der Waals surface area contributed by atoms with Gasteiger partial charge in [-0.15, -0.1) is 0 Å². The van der Waals surface area contributed by atoms with E-state index in [2.05, 4.69) is 0 Å². The smallest absolute Gasteiger partial charge is 0.269 e. The van der Waals surface area contributed by atoms with Crippen LogP contribution in [0.2, 0.25) is 0 Å². The number of aliphatic hydroxyl groups is 1. The summed E-state index contributed by atoms with van der Waals surface area (Å²) >= 11 is 0. The molecule has 0 saturated heterocycles. The first-order valence-corrected chi connectivity index (χ1v) is 4.50. The van der Waals surface area contributed by atoms with Gasteiger partial charge in [0.05, 0.1) is 0 Å². The zero-order valence-electron chi connectivity index (χ0n) is 7.11. The predicted molar refractivity (Wildman–Crippen MR) is 45.3 cm³/mol. The van der Waals surface area contributed by atoms with Crippen LogP contribution in [0.1, 0.15) is 25.7 Å². The summed E-state index contributed by atoms with van der Waals surface area (Å²) in [7, 11) is 0. The van der Waals surface area contributed by atoms with Crippen LogP contribution < -0.4 is 4.57 Å². The Morgan fingerprint density at radius 1 is 1.00 bits per heavy atom. The Hall–Kier alpha value is -0.890. The van der Waals surface area contributed by atoms with Crippen LogP contribution >= 0.6 is 0 Å². The Kier molecular flexibility index (Phi) is 1.85. The van der Waals surface area contributed by atoms with Crippen LogP contribution in [-0.4, -0.2) is 5.11 Å². The molecule has 12 heavy (non-hydrogen) atoms. The van der Waals surface area contributed by atoms with Crippen molar-refractivity contribution in [3.63, 3.8) is 0 Å². The zero-order chi connectivity index (χ0) is 8.44. The van der Waals surface area contributed by atoms with Gasteiger partial charge >= 0.3 is 0 Å². The summed E-state index contributed by atoms with van der Waals surface area (Å²) < 4.78 is 1.92. The fourth-order valence-electron chi connectivity index (χ4n) is 1.88. The molecule has 1 aromatic heterocycles. The topological polar surface area (TPSA) is 24.1 Å². The van der Waals surface area contributed by atoms with E-state index in [1.165, 1.54) is 0 Å². The Morgan fingerprint density at radius 2 is 1.58 bits per heavy atom. The fourth-order valence-corrected chi connectivity index (χ4v) is 1.88. The van der Waals surface area contributed by atoms with E-state index in [1.54, 1.807) is 0 Å². The summed E-state index contributed by atoms with van der Waals surface area (Å²) in [6, 6.07) is 5.88. The molecule has 1 aliphatic rings. The molecule has 2 heteroatoms. The molecular formula is C10H14NO+. The largest absolute Gasteiger partial charge is 0.334 e. The molecule has 1 aromatic rings. The maximum atomic E-state index is 10.1. The van der Waals surface area contributed by atoms with Gasteiger partial charge in [0, 0.05) is 25.0 Å². The summed E-state index contributed by atoms with van der Waals surface area (Å²) in [4.78, 5) is 0. The minimum absolute atomic E-state index is 0.596. The van der Waals surface area contributed by atoms with Crippen LogP contribution in [0.5, 0.6) is 0 Å². The van der Waals surface area contributed by atoms with E-state index in [9.17, 15) is 5.11 Å². The second-order valence-corrected chi connectivity index (χ2v) is 3.47. The first-order chi connectivity index (χ1) is 5.81. The average Bonchev–Trinajstić information content (AvgIpc) is 2.55. The maximum Gasteiger partial charge on any atom is 0.269 e. The van der Waals surface area contributed by atoms with Crippen LogP contribution in [0.15, 0.2) is 30.6 Å². The van der Waals surface area contributed by atoms with Gasteiger partial charge in [-0.1, -0.05) is 6.07 Å². The normalized spacial score (nSPS) is 21.1. The first-order valence-electron chi connectivity index (χ1n) is 4.50. The molecule has 0 radical (unpaired) electrons. The number of rotatable bonds is 1. The molecule has 1 aliphatic carbocycles. The highest BCUT2D eigenvalue weighted by Crippen LogP contribution is 2.28. The Labute approximate surface area is 72.5 Å². The van der Waals surface area contributed by atoms with E-state index in [0.717, 1.165) is 25.7 Å². The van der Waals surface area contributed by atoms with Crippen LogP contribution in [0.25, 0.3) is 0 Å². The first kappa shape index (κ1) is 7.74. The van der Waals surface area contributed by atoms with Crippen molar-refractivity contribution in [1.82, 2.24) is 0 Å². The molecule has 0 aromatic carbocycles. The summed E-state index contributed by atoms with van der Waals surface area (Å²) in [5.74, 6) is 0. The van der Waals surface area contributed by atoms with E-state index in [0.29, 0.717) is 0 Å². The van der Waals surface area contributed by atoms with Gasteiger partial charge in [0.1, 0.15) is 0 Å². The molecular weight excluding hydrogens is 150 g/mol. The van der Waals surface area contributed by atoms with Crippen LogP contribution in [0.4, 0.5) is 0 Å². The van der Waals surface area contributed by atoms with Crippen molar-refractivity contribution in [3.05, 3.63) is 30.6 Å². The highest BCUT2D eigenvalue weighted by Gasteiger charge is 2.39. The second kappa shape index (κ2) is 2.87.